The first-order chi connectivity index (χ1) is 10.5. The van der Waals surface area contributed by atoms with Crippen LogP contribution in [0, 0.1) is 0 Å². The van der Waals surface area contributed by atoms with E-state index in [-0.39, 0.29) is 17.7 Å². The summed E-state index contributed by atoms with van der Waals surface area (Å²) in [6.45, 7) is 1.85. The van der Waals surface area contributed by atoms with Crippen molar-refractivity contribution in [2.24, 2.45) is 0 Å². The fraction of sp³-hybridized carbons (Fsp3) is 0.333. The SMILES string of the molecule is CCC1=C(C(=O)N(C)OC)C(c2cccc(O)c2)NC(=O)N1. The molecule has 0 fully saturated rings. The van der Waals surface area contributed by atoms with E-state index in [1.807, 2.05) is 6.92 Å². The van der Waals surface area contributed by atoms with E-state index in [1.54, 1.807) is 12.1 Å². The maximum atomic E-state index is 12.6. The molecular formula is C15H19N3O4. The quantitative estimate of drug-likeness (QED) is 0.734. The normalized spacial score (nSPS) is 17.8. The highest BCUT2D eigenvalue weighted by molar-refractivity contribution is 5.98. The second kappa shape index (κ2) is 6.48. The Balaban J connectivity index is 2.53. The lowest BCUT2D eigenvalue weighted by molar-refractivity contribution is -0.164. The third-order valence-electron chi connectivity index (χ3n) is 3.50. The van der Waals surface area contributed by atoms with Crippen molar-refractivity contribution >= 4 is 11.9 Å². The van der Waals surface area contributed by atoms with Crippen LogP contribution < -0.4 is 10.6 Å². The molecule has 0 aliphatic carbocycles. The minimum absolute atomic E-state index is 0.0650. The average Bonchev–Trinajstić information content (AvgIpc) is 2.52. The molecule has 0 spiro atoms. The third kappa shape index (κ3) is 3.04. The maximum absolute atomic E-state index is 12.6. The predicted molar refractivity (Wildman–Crippen MR) is 79.6 cm³/mol. The van der Waals surface area contributed by atoms with Gasteiger partial charge in [-0.2, -0.15) is 0 Å². The van der Waals surface area contributed by atoms with E-state index in [0.29, 0.717) is 23.3 Å². The van der Waals surface area contributed by atoms with Crippen LogP contribution in [0.4, 0.5) is 4.79 Å². The van der Waals surface area contributed by atoms with Gasteiger partial charge in [0.1, 0.15) is 5.75 Å². The number of nitrogens with one attached hydrogen (secondary N) is 2. The third-order valence-corrected chi connectivity index (χ3v) is 3.50. The lowest BCUT2D eigenvalue weighted by Gasteiger charge is -2.31. The number of nitrogens with zero attached hydrogens (tertiary/aromatic N) is 1. The minimum Gasteiger partial charge on any atom is -0.508 e. The maximum Gasteiger partial charge on any atom is 0.319 e. The second-order valence-electron chi connectivity index (χ2n) is 4.86. The summed E-state index contributed by atoms with van der Waals surface area (Å²) in [6.07, 6.45) is 0.487. The van der Waals surface area contributed by atoms with Crippen LogP contribution in [0.25, 0.3) is 0 Å². The summed E-state index contributed by atoms with van der Waals surface area (Å²) >= 11 is 0. The molecule has 0 bridgehead atoms. The van der Waals surface area contributed by atoms with Gasteiger partial charge in [0.05, 0.1) is 18.7 Å². The van der Waals surface area contributed by atoms with Crippen molar-refractivity contribution in [3.05, 3.63) is 41.1 Å². The van der Waals surface area contributed by atoms with Gasteiger partial charge in [-0.3, -0.25) is 9.63 Å². The van der Waals surface area contributed by atoms with Crippen molar-refractivity contribution in [1.82, 2.24) is 15.7 Å². The number of allylic oxidation sites excluding steroid dienone is 1. The Hall–Kier alpha value is -2.54. The lowest BCUT2D eigenvalue weighted by atomic mass is 9.93. The van der Waals surface area contributed by atoms with Crippen molar-refractivity contribution in [3.8, 4) is 5.75 Å². The lowest BCUT2D eigenvalue weighted by Crippen LogP contribution is -2.47. The van der Waals surface area contributed by atoms with Crippen molar-refractivity contribution in [3.63, 3.8) is 0 Å². The molecule has 1 unspecified atom stereocenters. The predicted octanol–water partition coefficient (Wildman–Crippen LogP) is 1.43. The molecule has 0 radical (unpaired) electrons. The van der Waals surface area contributed by atoms with Crippen molar-refractivity contribution in [2.45, 2.75) is 19.4 Å². The Labute approximate surface area is 128 Å². The van der Waals surface area contributed by atoms with E-state index in [4.69, 9.17) is 4.84 Å². The standard InChI is InChI=1S/C15H19N3O4/c1-4-11-12(14(20)18(2)22-3)13(17-15(21)16-11)9-6-5-7-10(19)8-9/h5-8,13,19H,4H2,1-3H3,(H2,16,17,21). The fourth-order valence-electron chi connectivity index (χ4n) is 2.36. The highest BCUT2D eigenvalue weighted by atomic mass is 16.7. The van der Waals surface area contributed by atoms with Crippen LogP contribution in [0.1, 0.15) is 24.9 Å². The molecule has 7 heteroatoms. The molecule has 2 rings (SSSR count). The van der Waals surface area contributed by atoms with Crippen LogP contribution in [0.3, 0.4) is 0 Å². The van der Waals surface area contributed by atoms with Gasteiger partial charge in [-0.15, -0.1) is 0 Å². The van der Waals surface area contributed by atoms with E-state index in [9.17, 15) is 14.7 Å². The topological polar surface area (TPSA) is 90.9 Å². The summed E-state index contributed by atoms with van der Waals surface area (Å²) < 4.78 is 0. The van der Waals surface area contributed by atoms with Crippen LogP contribution in [-0.4, -0.2) is 36.3 Å². The number of hydrogen-bond acceptors (Lipinski definition) is 4. The van der Waals surface area contributed by atoms with Crippen LogP contribution in [-0.2, 0) is 9.63 Å². The molecule has 3 amide bonds. The van der Waals surface area contributed by atoms with Gasteiger partial charge in [0.25, 0.3) is 5.91 Å². The molecule has 7 nitrogen and oxygen atoms in total. The Morgan fingerprint density at radius 2 is 2.18 bits per heavy atom. The molecule has 3 N–H and O–H groups in total. The Bertz CT molecular complexity index is 627. The number of benzene rings is 1. The van der Waals surface area contributed by atoms with Gasteiger partial charge in [-0.1, -0.05) is 19.1 Å². The number of phenols is 1. The largest absolute Gasteiger partial charge is 0.508 e. The number of likely N-dealkylation sites (N-methyl/N-ethyl adjacent to an activating group) is 1. The van der Waals surface area contributed by atoms with E-state index >= 15 is 0 Å². The molecule has 22 heavy (non-hydrogen) atoms. The summed E-state index contributed by atoms with van der Waals surface area (Å²) in [4.78, 5) is 29.3. The highest BCUT2D eigenvalue weighted by Crippen LogP contribution is 2.30. The number of hydroxylamine groups is 2. The highest BCUT2D eigenvalue weighted by Gasteiger charge is 2.33. The summed E-state index contributed by atoms with van der Waals surface area (Å²) in [6, 6.07) is 5.40. The minimum atomic E-state index is -0.652. The van der Waals surface area contributed by atoms with E-state index in [0.717, 1.165) is 5.06 Å². The number of phenolic OH excluding ortho intramolecular Hbond substituents is 1. The van der Waals surface area contributed by atoms with Gasteiger partial charge in [-0.05, 0) is 24.1 Å². The van der Waals surface area contributed by atoms with Gasteiger partial charge in [0.15, 0.2) is 0 Å². The summed E-state index contributed by atoms with van der Waals surface area (Å²) in [5.74, 6) is -0.296. The number of amides is 3. The zero-order valence-corrected chi connectivity index (χ0v) is 12.7. The van der Waals surface area contributed by atoms with Gasteiger partial charge >= 0.3 is 6.03 Å². The van der Waals surface area contributed by atoms with Gasteiger partial charge < -0.3 is 15.7 Å². The molecule has 1 heterocycles. The molecule has 1 aliphatic rings. The van der Waals surface area contributed by atoms with Crippen LogP contribution in [0.2, 0.25) is 0 Å². The summed E-state index contributed by atoms with van der Waals surface area (Å²) in [5, 5.41) is 16.1. The number of hydrogen-bond donors (Lipinski definition) is 3. The van der Waals surface area contributed by atoms with Crippen LogP contribution in [0.5, 0.6) is 5.75 Å². The molecule has 1 atom stereocenters. The van der Waals surface area contributed by atoms with E-state index in [2.05, 4.69) is 10.6 Å². The number of urea groups is 1. The monoisotopic (exact) mass is 305 g/mol. The molecule has 118 valence electrons. The zero-order valence-electron chi connectivity index (χ0n) is 12.7. The van der Waals surface area contributed by atoms with Gasteiger partial charge in [-0.25, -0.2) is 9.86 Å². The second-order valence-corrected chi connectivity index (χ2v) is 4.86. The van der Waals surface area contributed by atoms with E-state index in [1.165, 1.54) is 26.3 Å². The first-order valence-electron chi connectivity index (χ1n) is 6.89. The fourth-order valence-corrected chi connectivity index (χ4v) is 2.36. The number of aromatic hydroxyl groups is 1. The van der Waals surface area contributed by atoms with Gasteiger partial charge in [0, 0.05) is 12.7 Å². The average molecular weight is 305 g/mol. The van der Waals surface area contributed by atoms with Crippen molar-refractivity contribution in [2.75, 3.05) is 14.2 Å². The Morgan fingerprint density at radius 1 is 1.45 bits per heavy atom. The van der Waals surface area contributed by atoms with Crippen LogP contribution in [0.15, 0.2) is 35.5 Å². The Kier molecular flexibility index (Phi) is 4.67. The zero-order chi connectivity index (χ0) is 16.3. The molecule has 0 aromatic heterocycles. The van der Waals surface area contributed by atoms with Crippen LogP contribution >= 0.6 is 0 Å². The van der Waals surface area contributed by atoms with Crippen molar-refractivity contribution < 1.29 is 19.5 Å². The van der Waals surface area contributed by atoms with Gasteiger partial charge in [0.2, 0.25) is 0 Å². The summed E-state index contributed by atoms with van der Waals surface area (Å²) in [7, 11) is 2.89. The molecule has 1 aromatic carbocycles. The Morgan fingerprint density at radius 3 is 2.77 bits per heavy atom. The molecule has 0 saturated heterocycles. The number of carbonyl (C=O) groups excluding carboxylic acids is 2. The van der Waals surface area contributed by atoms with E-state index < -0.39 is 6.04 Å². The molecule has 1 aromatic rings. The molecule has 1 aliphatic heterocycles. The summed E-state index contributed by atoms with van der Waals surface area (Å²) in [5.41, 5.74) is 1.54. The number of carbonyl (C=O) groups is 2. The molecular weight excluding hydrogens is 286 g/mol. The first kappa shape index (κ1) is 15.8. The first-order valence-corrected chi connectivity index (χ1v) is 6.89. The molecule has 0 saturated carbocycles. The smallest absolute Gasteiger partial charge is 0.319 e. The number of rotatable bonds is 4. The van der Waals surface area contributed by atoms with Crippen molar-refractivity contribution in [1.29, 1.82) is 0 Å².